The minimum atomic E-state index is 0. The second kappa shape index (κ2) is 34.5. The molecule has 0 saturated heterocycles. The van der Waals surface area contributed by atoms with Crippen LogP contribution < -0.4 is 0 Å². The van der Waals surface area contributed by atoms with E-state index < -0.39 is 0 Å². The van der Waals surface area contributed by atoms with Crippen molar-refractivity contribution in [2.45, 2.75) is 20.3 Å². The number of nitrogens with zero attached hydrogens (tertiary/aromatic N) is 6. The molecule has 6 nitrogen and oxygen atoms in total. The first-order valence-electron chi connectivity index (χ1n) is 12.5. The van der Waals surface area contributed by atoms with Crippen LogP contribution in [0.3, 0.4) is 0 Å². The van der Waals surface area contributed by atoms with Gasteiger partial charge in [0.1, 0.15) is 0 Å². The van der Waals surface area contributed by atoms with Crippen molar-refractivity contribution in [3.8, 4) is 33.8 Å². The molecule has 0 aromatic carbocycles. The van der Waals surface area contributed by atoms with Gasteiger partial charge in [0, 0.05) is 119 Å². The third-order valence-electron chi connectivity index (χ3n) is 4.63. The van der Waals surface area contributed by atoms with Crippen LogP contribution in [0.15, 0.2) is 129 Å². The van der Waals surface area contributed by atoms with Crippen molar-refractivity contribution in [2.24, 2.45) is 0 Å². The maximum absolute atomic E-state index is 4.18. The molecule has 6 aromatic heterocycles. The van der Waals surface area contributed by atoms with Crippen LogP contribution in [0.25, 0.3) is 33.8 Å². The minimum absolute atomic E-state index is 0. The number of pyridine rings is 6. The Balaban J connectivity index is -0.000000163. The Labute approximate surface area is 342 Å². The van der Waals surface area contributed by atoms with E-state index in [1.165, 1.54) is 6.42 Å². The summed E-state index contributed by atoms with van der Waals surface area (Å²) in [5.41, 5.74) is 5.51. The van der Waals surface area contributed by atoms with E-state index in [-0.39, 0.29) is 115 Å². The zero-order valence-corrected chi connectivity index (χ0v) is 37.7. The molecule has 0 bridgehead atoms. The van der Waals surface area contributed by atoms with Gasteiger partial charge in [0.15, 0.2) is 0 Å². The standard InChI is InChI=1S/3C10H7N2.C3H8.2CH3.5Ir/c3*1-2-7-12-10(5-1)9-4-3-6-11-8-9;1-3-2;;;;;;;/h3*1-3,5-8H;3H2,1-2H3;2*1H3;;;;;/q3*-1;;2*-1;;;;;. The molecule has 0 aliphatic rings. The van der Waals surface area contributed by atoms with E-state index in [2.05, 4.69) is 62.0 Å². The van der Waals surface area contributed by atoms with E-state index in [4.69, 9.17) is 0 Å². The van der Waals surface area contributed by atoms with Gasteiger partial charge in [-0.3, -0.25) is 0 Å². The molecular formula is C35H35Ir5N6-5. The third-order valence-corrected chi connectivity index (χ3v) is 4.63. The topological polar surface area (TPSA) is 77.3 Å². The maximum Gasteiger partial charge on any atom is 0.0160 e. The molecule has 6 heterocycles. The monoisotopic (exact) mass is 1500 g/mol. The summed E-state index contributed by atoms with van der Waals surface area (Å²) >= 11 is 0. The number of hydrogen-bond acceptors (Lipinski definition) is 6. The average molecular weight is 1500 g/mol. The first kappa shape index (κ1) is 53.6. The predicted molar refractivity (Wildman–Crippen MR) is 168 cm³/mol. The summed E-state index contributed by atoms with van der Waals surface area (Å²) < 4.78 is 0. The summed E-state index contributed by atoms with van der Waals surface area (Å²) in [5, 5.41) is 0. The fourth-order valence-corrected chi connectivity index (χ4v) is 2.96. The fourth-order valence-electron chi connectivity index (χ4n) is 2.96. The number of aromatic nitrogens is 6. The molecule has 6 aromatic rings. The van der Waals surface area contributed by atoms with Gasteiger partial charge < -0.3 is 44.8 Å². The summed E-state index contributed by atoms with van der Waals surface area (Å²) in [4.78, 5) is 24.5. The molecule has 0 amide bonds. The van der Waals surface area contributed by atoms with Crippen LogP contribution in [0, 0.1) is 33.1 Å². The first-order chi connectivity index (χ1) is 19.3. The van der Waals surface area contributed by atoms with Crippen LogP contribution in [0.2, 0.25) is 0 Å². The fraction of sp³-hybridized carbons (Fsp3) is 0.0857. The summed E-state index contributed by atoms with van der Waals surface area (Å²) in [6.07, 6.45) is 16.9. The SMILES string of the molecule is CCC.[CH3-].[CH3-].[Ir].[Ir].[Ir].[Ir].[Ir].[c-]1ccncc1-c1ccccn1.[c-]1ccncc1-c1ccccn1.[c-]1ccncc1-c1ccccn1. The van der Waals surface area contributed by atoms with Crippen molar-refractivity contribution in [3.63, 3.8) is 0 Å². The second-order valence-electron chi connectivity index (χ2n) is 7.81. The van der Waals surface area contributed by atoms with Crippen LogP contribution in [-0.4, -0.2) is 29.9 Å². The largest absolute Gasteiger partial charge is 0.360 e. The molecule has 6 rings (SSSR count). The summed E-state index contributed by atoms with van der Waals surface area (Å²) in [5.74, 6) is 0. The maximum atomic E-state index is 4.18. The van der Waals surface area contributed by atoms with Crippen LogP contribution in [-0.2, 0) is 101 Å². The molecule has 0 N–H and O–H groups in total. The summed E-state index contributed by atoms with van der Waals surface area (Å²) in [6.45, 7) is 4.25. The molecule has 0 aliphatic heterocycles. The Hall–Kier alpha value is -1.85. The van der Waals surface area contributed by atoms with Gasteiger partial charge >= 0.3 is 0 Å². The van der Waals surface area contributed by atoms with E-state index in [9.17, 15) is 0 Å². The number of hydrogen-bond donors (Lipinski definition) is 0. The Morgan fingerprint density at radius 2 is 0.696 bits per heavy atom. The van der Waals surface area contributed by atoms with Gasteiger partial charge in [-0.05, 0) is 35.3 Å². The Bertz CT molecular complexity index is 1130. The Morgan fingerprint density at radius 1 is 0.435 bits per heavy atom. The van der Waals surface area contributed by atoms with Gasteiger partial charge in [-0.15, -0.1) is 53.1 Å². The Morgan fingerprint density at radius 3 is 0.870 bits per heavy atom. The van der Waals surface area contributed by atoms with Gasteiger partial charge in [-0.2, -0.15) is 0 Å². The number of rotatable bonds is 3. The van der Waals surface area contributed by atoms with Gasteiger partial charge in [0.25, 0.3) is 0 Å². The smallest absolute Gasteiger partial charge is 0.0160 e. The van der Waals surface area contributed by atoms with E-state index in [0.29, 0.717) is 0 Å². The van der Waals surface area contributed by atoms with Crippen molar-refractivity contribution in [3.05, 3.63) is 162 Å². The molecule has 0 fully saturated rings. The quantitative estimate of drug-likeness (QED) is 0.167. The first-order valence-corrected chi connectivity index (χ1v) is 12.5. The van der Waals surface area contributed by atoms with Gasteiger partial charge in [-0.1, -0.05) is 93.8 Å². The predicted octanol–water partition coefficient (Wildman–Crippen LogP) is 8.14. The Kier molecular flexibility index (Phi) is 40.2. The molecule has 0 spiro atoms. The molecule has 0 atom stereocenters. The van der Waals surface area contributed by atoms with Gasteiger partial charge in [0.2, 0.25) is 0 Å². The molecule has 5 radical (unpaired) electrons. The van der Waals surface area contributed by atoms with E-state index in [1.807, 2.05) is 54.6 Å². The van der Waals surface area contributed by atoms with Crippen LogP contribution in [0.1, 0.15) is 20.3 Å². The zero-order valence-electron chi connectivity index (χ0n) is 25.7. The van der Waals surface area contributed by atoms with E-state index in [1.54, 1.807) is 74.0 Å². The minimum Gasteiger partial charge on any atom is -0.360 e. The third kappa shape index (κ3) is 21.1. The molecule has 11 heteroatoms. The van der Waals surface area contributed by atoms with E-state index in [0.717, 1.165) is 33.8 Å². The van der Waals surface area contributed by atoms with Crippen LogP contribution in [0.5, 0.6) is 0 Å². The van der Waals surface area contributed by atoms with Crippen molar-refractivity contribution in [2.75, 3.05) is 0 Å². The van der Waals surface area contributed by atoms with Crippen molar-refractivity contribution < 1.29 is 101 Å². The molecule has 255 valence electrons. The summed E-state index contributed by atoms with van der Waals surface area (Å²) in [7, 11) is 0. The van der Waals surface area contributed by atoms with Gasteiger partial charge in [-0.25, -0.2) is 0 Å². The van der Waals surface area contributed by atoms with Crippen LogP contribution >= 0.6 is 0 Å². The molecular weight excluding hydrogens is 1470 g/mol. The summed E-state index contributed by atoms with van der Waals surface area (Å²) in [6, 6.07) is 31.8. The molecule has 46 heavy (non-hydrogen) atoms. The zero-order chi connectivity index (χ0) is 27.4. The normalized spacial score (nSPS) is 7.96. The molecule has 0 unspecified atom stereocenters. The van der Waals surface area contributed by atoms with Gasteiger partial charge in [0.05, 0.1) is 0 Å². The van der Waals surface area contributed by atoms with Crippen LogP contribution in [0.4, 0.5) is 0 Å². The van der Waals surface area contributed by atoms with Crippen molar-refractivity contribution in [1.82, 2.24) is 29.9 Å². The van der Waals surface area contributed by atoms with E-state index >= 15 is 0 Å². The average Bonchev–Trinajstić information content (AvgIpc) is 3.05. The molecule has 0 saturated carbocycles. The molecule has 0 aliphatic carbocycles. The van der Waals surface area contributed by atoms with Crippen molar-refractivity contribution in [1.29, 1.82) is 0 Å². The van der Waals surface area contributed by atoms with Crippen molar-refractivity contribution >= 4 is 0 Å². The second-order valence-corrected chi connectivity index (χ2v) is 7.81.